The molecule has 0 aromatic heterocycles. The van der Waals surface area contributed by atoms with E-state index in [1.807, 2.05) is 48.5 Å². The first-order valence-electron chi connectivity index (χ1n) is 13.6. The molecule has 5 rings (SSSR count). The number of ether oxygens (including phenoxy) is 2. The minimum atomic E-state index is -1.40. The van der Waals surface area contributed by atoms with E-state index in [4.69, 9.17) is 55.9 Å². The molecule has 0 fully saturated rings. The highest BCUT2D eigenvalue weighted by molar-refractivity contribution is 6.31. The second-order valence-electron chi connectivity index (χ2n) is 9.83. The predicted octanol–water partition coefficient (Wildman–Crippen LogP) is 9.87. The van der Waals surface area contributed by atoms with Gasteiger partial charge in [0.05, 0.1) is 6.61 Å². The number of esters is 2. The zero-order valence-corrected chi connectivity index (χ0v) is 26.1. The smallest absolute Gasteiger partial charge is 0.347 e. The van der Waals surface area contributed by atoms with Crippen LogP contribution in [0.15, 0.2) is 114 Å². The second kappa shape index (κ2) is 13.4. The van der Waals surface area contributed by atoms with E-state index in [1.54, 1.807) is 55.5 Å². The molecule has 0 unspecified atom stereocenters. The van der Waals surface area contributed by atoms with Gasteiger partial charge in [-0.25, -0.2) is 9.59 Å². The lowest BCUT2D eigenvalue weighted by molar-refractivity contribution is -0.149. The van der Waals surface area contributed by atoms with Gasteiger partial charge in [-0.1, -0.05) is 101 Å². The van der Waals surface area contributed by atoms with Crippen molar-refractivity contribution in [2.45, 2.75) is 25.4 Å². The van der Waals surface area contributed by atoms with Crippen LogP contribution >= 0.6 is 46.4 Å². The lowest BCUT2D eigenvalue weighted by Crippen LogP contribution is -2.31. The summed E-state index contributed by atoms with van der Waals surface area (Å²) in [4.78, 5) is 26.8. The predicted molar refractivity (Wildman–Crippen MR) is 173 cm³/mol. The normalized spacial score (nSPS) is 13.9. The van der Waals surface area contributed by atoms with E-state index in [1.165, 1.54) is 0 Å². The molecule has 4 aromatic carbocycles. The number of halogens is 4. The number of carbonyl (C=O) groups is 2. The van der Waals surface area contributed by atoms with Crippen molar-refractivity contribution in [3.63, 3.8) is 0 Å². The highest BCUT2D eigenvalue weighted by Crippen LogP contribution is 2.49. The molecule has 218 valence electrons. The van der Waals surface area contributed by atoms with Crippen molar-refractivity contribution >= 4 is 63.9 Å². The van der Waals surface area contributed by atoms with Gasteiger partial charge in [0.15, 0.2) is 5.60 Å². The summed E-state index contributed by atoms with van der Waals surface area (Å²) in [5.41, 5.74) is 3.10. The number of benzene rings is 4. The number of hydrogen-bond donors (Lipinski definition) is 0. The molecule has 8 heteroatoms. The maximum absolute atomic E-state index is 13.5. The first-order valence-corrected chi connectivity index (χ1v) is 15.1. The van der Waals surface area contributed by atoms with E-state index in [-0.39, 0.29) is 12.2 Å². The number of rotatable bonds is 9. The monoisotopic (exact) mass is 650 g/mol. The molecule has 1 aliphatic rings. The molecular weight excluding hydrogens is 626 g/mol. The molecule has 4 nitrogen and oxygen atoms in total. The summed E-state index contributed by atoms with van der Waals surface area (Å²) < 4.78 is 11.5. The van der Waals surface area contributed by atoms with E-state index < -0.39 is 17.5 Å². The molecule has 0 N–H and O–H groups in total. The van der Waals surface area contributed by atoms with Gasteiger partial charge >= 0.3 is 11.9 Å². The van der Waals surface area contributed by atoms with Crippen molar-refractivity contribution in [1.82, 2.24) is 0 Å². The zero-order valence-electron chi connectivity index (χ0n) is 23.1. The number of hydrogen-bond acceptors (Lipinski definition) is 4. The molecule has 0 atom stereocenters. The first-order chi connectivity index (χ1) is 20.7. The summed E-state index contributed by atoms with van der Waals surface area (Å²) in [6.45, 7) is 1.80. The summed E-state index contributed by atoms with van der Waals surface area (Å²) >= 11 is 24.8. The molecule has 0 spiro atoms. The van der Waals surface area contributed by atoms with Gasteiger partial charge in [-0.15, -0.1) is 0 Å². The molecule has 1 heterocycles. The van der Waals surface area contributed by atoms with Crippen LogP contribution in [0.3, 0.4) is 0 Å². The Morgan fingerprint density at radius 2 is 1.14 bits per heavy atom. The average Bonchev–Trinajstić information content (AvgIpc) is 3.30. The van der Waals surface area contributed by atoms with Crippen molar-refractivity contribution in [3.05, 3.63) is 157 Å². The van der Waals surface area contributed by atoms with E-state index in [2.05, 4.69) is 6.08 Å². The Hall–Kier alpha value is -3.54. The third-order valence-corrected chi connectivity index (χ3v) is 8.22. The lowest BCUT2D eigenvalue weighted by Gasteiger charge is -2.32. The maximum Gasteiger partial charge on any atom is 0.347 e. The Morgan fingerprint density at radius 1 is 0.721 bits per heavy atom. The quantitative estimate of drug-likeness (QED) is 0.134. The molecule has 0 aliphatic carbocycles. The van der Waals surface area contributed by atoms with Gasteiger partial charge in [0.25, 0.3) is 0 Å². The fraction of sp³-hybridized carbons (Fsp3) is 0.143. The Balaban J connectivity index is 1.66. The number of carbonyl (C=O) groups excluding carboxylic acids is 2. The Labute approximate surface area is 270 Å². The summed E-state index contributed by atoms with van der Waals surface area (Å²) in [6.07, 6.45) is 2.83. The largest absolute Gasteiger partial charge is 0.462 e. The summed E-state index contributed by atoms with van der Waals surface area (Å²) in [7, 11) is 0. The van der Waals surface area contributed by atoms with Crippen LogP contribution in [0.4, 0.5) is 0 Å². The minimum Gasteiger partial charge on any atom is -0.462 e. The van der Waals surface area contributed by atoms with Crippen LogP contribution in [0.2, 0.25) is 20.1 Å². The van der Waals surface area contributed by atoms with Crippen LogP contribution < -0.4 is 0 Å². The minimum absolute atomic E-state index is 0.106. The van der Waals surface area contributed by atoms with E-state index >= 15 is 0 Å². The van der Waals surface area contributed by atoms with Gasteiger partial charge in [-0.2, -0.15) is 0 Å². The fourth-order valence-electron chi connectivity index (χ4n) is 5.29. The van der Waals surface area contributed by atoms with Crippen LogP contribution in [-0.4, -0.2) is 18.5 Å². The third kappa shape index (κ3) is 6.53. The van der Waals surface area contributed by atoms with Gasteiger partial charge < -0.3 is 9.47 Å². The molecule has 43 heavy (non-hydrogen) atoms. The van der Waals surface area contributed by atoms with Crippen molar-refractivity contribution < 1.29 is 19.1 Å². The molecular formula is C35H26Cl4O4. The summed E-state index contributed by atoms with van der Waals surface area (Å²) in [6, 6.07) is 29.2. The molecule has 4 aromatic rings. The van der Waals surface area contributed by atoms with Crippen LogP contribution in [-0.2, 0) is 24.7 Å². The van der Waals surface area contributed by atoms with Crippen molar-refractivity contribution in [1.29, 1.82) is 0 Å². The molecule has 0 radical (unpaired) electrons. The Morgan fingerprint density at radius 3 is 1.56 bits per heavy atom. The van der Waals surface area contributed by atoms with Crippen molar-refractivity contribution in [3.8, 4) is 0 Å². The van der Waals surface area contributed by atoms with Gasteiger partial charge in [-0.05, 0) is 85.0 Å². The first kappa shape index (κ1) is 30.9. The molecule has 0 amide bonds. The fourth-order valence-corrected chi connectivity index (χ4v) is 5.79. The Kier molecular flexibility index (Phi) is 9.63. The summed E-state index contributed by atoms with van der Waals surface area (Å²) in [5, 5.41) is 2.30. The number of allylic oxidation sites excluding steroid dienone is 1. The van der Waals surface area contributed by atoms with Gasteiger partial charge in [0.2, 0.25) is 0 Å². The van der Waals surface area contributed by atoms with E-state index in [9.17, 15) is 9.59 Å². The maximum atomic E-state index is 13.5. The third-order valence-electron chi connectivity index (χ3n) is 7.21. The van der Waals surface area contributed by atoms with E-state index in [0.717, 1.165) is 16.7 Å². The zero-order chi connectivity index (χ0) is 30.6. The van der Waals surface area contributed by atoms with Crippen molar-refractivity contribution in [2.75, 3.05) is 6.61 Å². The molecule has 0 saturated carbocycles. The van der Waals surface area contributed by atoms with Gasteiger partial charge in [0.1, 0.15) is 5.57 Å². The highest BCUT2D eigenvalue weighted by Gasteiger charge is 2.52. The SMILES string of the molecule is CCOC(=O)C1=C(CCC=C(c2ccc(Cl)cc2)c2ccc(Cl)cc2)C(c2ccc(Cl)cc2)(c2ccc(Cl)cc2)OC1=O. The Bertz CT molecular complexity index is 1600. The average molecular weight is 652 g/mol. The highest BCUT2D eigenvalue weighted by atomic mass is 35.5. The molecule has 0 bridgehead atoms. The molecule has 1 aliphatic heterocycles. The van der Waals surface area contributed by atoms with Crippen molar-refractivity contribution in [2.24, 2.45) is 0 Å². The van der Waals surface area contributed by atoms with Gasteiger partial charge in [-0.3, -0.25) is 0 Å². The second-order valence-corrected chi connectivity index (χ2v) is 11.6. The van der Waals surface area contributed by atoms with Crippen LogP contribution in [0, 0.1) is 0 Å². The lowest BCUT2D eigenvalue weighted by atomic mass is 9.77. The number of cyclic esters (lactones) is 1. The summed E-state index contributed by atoms with van der Waals surface area (Å²) in [5.74, 6) is -1.48. The standard InChI is InChI=1S/C35H26Cl4O4/c1-2-42-33(40)32-31(5-3-4-30(22-6-14-26(36)15-7-22)23-8-16-27(37)17-9-23)35(43-34(32)41,24-10-18-28(38)19-11-24)25-12-20-29(39)21-13-25/h4,6-21H,2-3,5H2,1H3. The van der Waals surface area contributed by atoms with Gasteiger partial charge in [0, 0.05) is 36.8 Å². The van der Waals surface area contributed by atoms with E-state index in [0.29, 0.717) is 49.6 Å². The topological polar surface area (TPSA) is 52.6 Å². The van der Waals surface area contributed by atoms with Crippen LogP contribution in [0.1, 0.15) is 42.0 Å². The molecule has 0 saturated heterocycles. The van der Waals surface area contributed by atoms with Crippen LogP contribution in [0.5, 0.6) is 0 Å². The van der Waals surface area contributed by atoms with Crippen LogP contribution in [0.25, 0.3) is 5.57 Å².